The largest absolute Gasteiger partial charge is 0.357 e. The number of hydrazine groups is 1. The third-order valence-corrected chi connectivity index (χ3v) is 3.41. The zero-order valence-corrected chi connectivity index (χ0v) is 16.0. The van der Waals surface area contributed by atoms with Gasteiger partial charge in [-0.05, 0) is 52.8 Å². The molecule has 0 radical (unpaired) electrons. The second kappa shape index (κ2) is 7.77. The average Bonchev–Trinajstić information content (AvgIpc) is 2.61. The van der Waals surface area contributed by atoms with Crippen LogP contribution in [0.2, 0.25) is 0 Å². The minimum absolute atomic E-state index is 0.140. The van der Waals surface area contributed by atoms with Crippen molar-refractivity contribution in [2.45, 2.75) is 67.0 Å². The zero-order chi connectivity index (χ0) is 17.8. The molecule has 0 unspecified atom stereocenters. The van der Waals surface area contributed by atoms with E-state index in [1.807, 2.05) is 39.3 Å². The molecule has 0 atom stereocenters. The van der Waals surface area contributed by atoms with Crippen LogP contribution in [-0.4, -0.2) is 26.3 Å². The standard InChI is InChI=1S/C16H29N5OS/c1-10(2)9-21-12(4)13(11(3)20-21)8-14(22)18-19-15(23)17-16(5,6)7/h10H,8-9H2,1-7H3,(H,18,22)(H2,17,19,23). The number of nitrogens with one attached hydrogen (secondary N) is 3. The van der Waals surface area contributed by atoms with Gasteiger partial charge in [0.05, 0.1) is 12.1 Å². The van der Waals surface area contributed by atoms with Crippen molar-refractivity contribution >= 4 is 23.2 Å². The van der Waals surface area contributed by atoms with E-state index in [0.29, 0.717) is 11.0 Å². The van der Waals surface area contributed by atoms with Crippen LogP contribution in [0.1, 0.15) is 51.6 Å². The van der Waals surface area contributed by atoms with E-state index in [9.17, 15) is 4.79 Å². The van der Waals surface area contributed by atoms with Crippen LogP contribution in [0, 0.1) is 19.8 Å². The SMILES string of the molecule is Cc1nn(CC(C)C)c(C)c1CC(=O)NNC(=S)NC(C)(C)C. The highest BCUT2D eigenvalue weighted by atomic mass is 32.1. The van der Waals surface area contributed by atoms with Gasteiger partial charge >= 0.3 is 0 Å². The van der Waals surface area contributed by atoms with Crippen molar-refractivity contribution in [1.82, 2.24) is 25.9 Å². The van der Waals surface area contributed by atoms with Crippen molar-refractivity contribution < 1.29 is 4.79 Å². The van der Waals surface area contributed by atoms with Gasteiger partial charge in [0.25, 0.3) is 0 Å². The van der Waals surface area contributed by atoms with E-state index in [1.54, 1.807) is 0 Å². The van der Waals surface area contributed by atoms with Crippen molar-refractivity contribution in [3.8, 4) is 0 Å². The Morgan fingerprint density at radius 3 is 2.39 bits per heavy atom. The monoisotopic (exact) mass is 339 g/mol. The van der Waals surface area contributed by atoms with Crippen LogP contribution >= 0.6 is 12.2 Å². The summed E-state index contributed by atoms with van der Waals surface area (Å²) in [7, 11) is 0. The summed E-state index contributed by atoms with van der Waals surface area (Å²) in [6, 6.07) is 0. The molecule has 6 nitrogen and oxygen atoms in total. The first-order valence-corrected chi connectivity index (χ1v) is 8.30. The van der Waals surface area contributed by atoms with E-state index in [0.717, 1.165) is 23.5 Å². The van der Waals surface area contributed by atoms with Gasteiger partial charge in [0, 0.05) is 23.3 Å². The highest BCUT2D eigenvalue weighted by Gasteiger charge is 2.16. The molecule has 3 N–H and O–H groups in total. The fourth-order valence-corrected chi connectivity index (χ4v) is 2.57. The Hall–Kier alpha value is -1.63. The summed E-state index contributed by atoms with van der Waals surface area (Å²) in [6.45, 7) is 15.1. The van der Waals surface area contributed by atoms with Gasteiger partial charge in [0.15, 0.2) is 5.11 Å². The van der Waals surface area contributed by atoms with Crippen LogP contribution in [-0.2, 0) is 17.8 Å². The van der Waals surface area contributed by atoms with E-state index in [4.69, 9.17) is 12.2 Å². The second-order valence-corrected chi connectivity index (χ2v) is 7.69. The van der Waals surface area contributed by atoms with Crippen LogP contribution in [0.5, 0.6) is 0 Å². The molecule has 130 valence electrons. The number of thiocarbonyl (C=S) groups is 1. The van der Waals surface area contributed by atoms with Crippen LogP contribution < -0.4 is 16.2 Å². The van der Waals surface area contributed by atoms with Crippen LogP contribution in [0.3, 0.4) is 0 Å². The molecule has 1 rings (SSSR count). The highest BCUT2D eigenvalue weighted by Crippen LogP contribution is 2.15. The van der Waals surface area contributed by atoms with Crippen LogP contribution in [0.15, 0.2) is 0 Å². The van der Waals surface area contributed by atoms with Crippen molar-refractivity contribution in [2.24, 2.45) is 5.92 Å². The average molecular weight is 340 g/mol. The predicted octanol–water partition coefficient (Wildman–Crippen LogP) is 1.99. The van der Waals surface area contributed by atoms with Gasteiger partial charge in [0.2, 0.25) is 5.91 Å². The minimum atomic E-state index is -0.153. The smallest absolute Gasteiger partial charge is 0.242 e. The Bertz CT molecular complexity index is 572. The van der Waals surface area contributed by atoms with Gasteiger partial charge in [-0.25, -0.2) is 0 Å². The summed E-state index contributed by atoms with van der Waals surface area (Å²) in [5.74, 6) is 0.371. The second-order valence-electron chi connectivity index (χ2n) is 7.28. The lowest BCUT2D eigenvalue weighted by Gasteiger charge is -2.23. The van der Waals surface area contributed by atoms with Gasteiger partial charge in [-0.1, -0.05) is 13.8 Å². The Morgan fingerprint density at radius 2 is 1.87 bits per heavy atom. The van der Waals surface area contributed by atoms with E-state index < -0.39 is 0 Å². The number of carbonyl (C=O) groups is 1. The summed E-state index contributed by atoms with van der Waals surface area (Å²) in [4.78, 5) is 12.1. The van der Waals surface area contributed by atoms with E-state index in [-0.39, 0.29) is 17.9 Å². The quantitative estimate of drug-likeness (QED) is 0.578. The van der Waals surface area contributed by atoms with Crippen LogP contribution in [0.25, 0.3) is 0 Å². The Labute approximate surface area is 144 Å². The summed E-state index contributed by atoms with van der Waals surface area (Å²) in [5, 5.41) is 8.00. The summed E-state index contributed by atoms with van der Waals surface area (Å²) in [5.41, 5.74) is 8.12. The number of carbonyl (C=O) groups excluding carboxylic acids is 1. The fourth-order valence-electron chi connectivity index (χ4n) is 2.22. The first-order valence-electron chi connectivity index (χ1n) is 7.89. The summed E-state index contributed by atoms with van der Waals surface area (Å²) < 4.78 is 1.97. The molecule has 0 saturated carbocycles. The van der Waals surface area contributed by atoms with Crippen molar-refractivity contribution in [2.75, 3.05) is 0 Å². The zero-order valence-electron chi connectivity index (χ0n) is 15.2. The molecule has 0 aliphatic carbocycles. The molecule has 7 heteroatoms. The minimum Gasteiger partial charge on any atom is -0.357 e. The maximum absolute atomic E-state index is 12.1. The van der Waals surface area contributed by atoms with Crippen molar-refractivity contribution in [1.29, 1.82) is 0 Å². The molecule has 0 spiro atoms. The summed E-state index contributed by atoms with van der Waals surface area (Å²) >= 11 is 5.13. The van der Waals surface area contributed by atoms with Crippen molar-refractivity contribution in [3.63, 3.8) is 0 Å². The van der Waals surface area contributed by atoms with Gasteiger partial charge < -0.3 is 5.32 Å². The molecule has 0 aliphatic rings. The third kappa shape index (κ3) is 6.56. The van der Waals surface area contributed by atoms with Gasteiger partial charge in [-0.3, -0.25) is 20.3 Å². The molecule has 0 fully saturated rings. The molecule has 0 saturated heterocycles. The van der Waals surface area contributed by atoms with Crippen molar-refractivity contribution in [3.05, 3.63) is 17.0 Å². The number of nitrogens with zero attached hydrogens (tertiary/aromatic N) is 2. The lowest BCUT2D eigenvalue weighted by Crippen LogP contribution is -2.52. The molecule has 0 bridgehead atoms. The number of hydrogen-bond acceptors (Lipinski definition) is 3. The van der Waals surface area contributed by atoms with Crippen LogP contribution in [0.4, 0.5) is 0 Å². The molecular formula is C16H29N5OS. The summed E-state index contributed by atoms with van der Waals surface area (Å²) in [6.07, 6.45) is 0.279. The van der Waals surface area contributed by atoms with Gasteiger partial charge in [-0.15, -0.1) is 0 Å². The molecule has 1 aromatic rings. The first-order chi connectivity index (χ1) is 10.5. The Morgan fingerprint density at radius 1 is 1.26 bits per heavy atom. The maximum Gasteiger partial charge on any atom is 0.242 e. The molecule has 1 amide bonds. The maximum atomic E-state index is 12.1. The molecule has 0 aromatic carbocycles. The molecule has 1 aromatic heterocycles. The molecule has 1 heterocycles. The predicted molar refractivity (Wildman–Crippen MR) is 97.0 cm³/mol. The number of aryl methyl sites for hydroxylation is 1. The Kier molecular flexibility index (Phi) is 6.56. The normalized spacial score (nSPS) is 11.5. The lowest BCUT2D eigenvalue weighted by molar-refractivity contribution is -0.121. The molecular weight excluding hydrogens is 310 g/mol. The fraction of sp³-hybridized carbons (Fsp3) is 0.688. The lowest BCUT2D eigenvalue weighted by atomic mass is 10.1. The first kappa shape index (κ1) is 19.4. The topological polar surface area (TPSA) is 71.0 Å². The number of rotatable bonds is 4. The van der Waals surface area contributed by atoms with Gasteiger partial charge in [0.1, 0.15) is 0 Å². The van der Waals surface area contributed by atoms with E-state index in [1.165, 1.54) is 0 Å². The van der Waals surface area contributed by atoms with Gasteiger partial charge in [-0.2, -0.15) is 5.10 Å². The molecule has 23 heavy (non-hydrogen) atoms. The van der Waals surface area contributed by atoms with E-state index >= 15 is 0 Å². The third-order valence-electron chi connectivity index (χ3n) is 3.21. The number of aromatic nitrogens is 2. The molecule has 0 aliphatic heterocycles. The van der Waals surface area contributed by atoms with E-state index in [2.05, 4.69) is 35.1 Å². The Balaban J connectivity index is 2.61. The highest BCUT2D eigenvalue weighted by molar-refractivity contribution is 7.80. The number of amides is 1. The number of hydrogen-bond donors (Lipinski definition) is 3.